The predicted octanol–water partition coefficient (Wildman–Crippen LogP) is -0.534. The lowest BCUT2D eigenvalue weighted by molar-refractivity contribution is 0.318. The van der Waals surface area contributed by atoms with Crippen LogP contribution in [0.1, 0.15) is 12.8 Å². The van der Waals surface area contributed by atoms with Crippen molar-refractivity contribution < 1.29 is 0 Å². The van der Waals surface area contributed by atoms with E-state index >= 15 is 0 Å². The third-order valence-corrected chi connectivity index (χ3v) is 2.08. The molecule has 1 aliphatic heterocycles. The van der Waals surface area contributed by atoms with E-state index < -0.39 is 0 Å². The van der Waals surface area contributed by atoms with Gasteiger partial charge in [-0.1, -0.05) is 0 Å². The van der Waals surface area contributed by atoms with Crippen molar-refractivity contribution in [1.82, 2.24) is 10.1 Å². The predicted molar refractivity (Wildman–Crippen MR) is 46.8 cm³/mol. The highest BCUT2D eigenvalue weighted by Crippen LogP contribution is 2.11. The summed E-state index contributed by atoms with van der Waals surface area (Å²) < 4.78 is 0. The molecule has 0 amide bonds. The summed E-state index contributed by atoms with van der Waals surface area (Å²) in [7, 11) is 4.31. The highest BCUT2D eigenvalue weighted by atomic mass is 15.0. The van der Waals surface area contributed by atoms with Crippen molar-refractivity contribution in [2.75, 3.05) is 26.7 Å². The van der Waals surface area contributed by atoms with Crippen LogP contribution < -0.4 is 5.32 Å². The Bertz CT molecular complexity index is 89.6. The average molecular weight is 140 g/mol. The van der Waals surface area contributed by atoms with Crippen LogP contribution in [0.5, 0.6) is 0 Å². The van der Waals surface area contributed by atoms with Gasteiger partial charge in [0.1, 0.15) is 0 Å². The fraction of sp³-hybridized carbons (Fsp3) is 1.00. The molecule has 1 N–H and O–H groups in total. The number of hydrogen-bond donors (Lipinski definition) is 1. The molecule has 0 spiro atoms. The minimum atomic E-state index is 0.941. The molecule has 0 aromatic heterocycles. The van der Waals surface area contributed by atoms with Gasteiger partial charge in [0, 0.05) is 0 Å². The Morgan fingerprint density at radius 3 is 2.60 bits per heavy atom. The van der Waals surface area contributed by atoms with Crippen molar-refractivity contribution in [3.05, 3.63) is 0 Å². The summed E-state index contributed by atoms with van der Waals surface area (Å²) in [5, 5.41) is 3.37. The molecular formula is C7H17BN2. The van der Waals surface area contributed by atoms with E-state index in [4.69, 9.17) is 0 Å². The van der Waals surface area contributed by atoms with Crippen LogP contribution in [-0.4, -0.2) is 39.5 Å². The fourth-order valence-corrected chi connectivity index (χ4v) is 1.58. The van der Waals surface area contributed by atoms with Crippen LogP contribution in [0.3, 0.4) is 0 Å². The van der Waals surface area contributed by atoms with Crippen LogP contribution in [0.2, 0.25) is 0 Å². The molecule has 2 nitrogen and oxygen atoms in total. The van der Waals surface area contributed by atoms with E-state index in [0.29, 0.717) is 0 Å². The van der Waals surface area contributed by atoms with E-state index in [2.05, 4.69) is 25.2 Å². The van der Waals surface area contributed by atoms with Gasteiger partial charge in [-0.2, -0.15) is 0 Å². The zero-order valence-electron chi connectivity index (χ0n) is 7.06. The molecule has 0 bridgehead atoms. The first-order valence-corrected chi connectivity index (χ1v) is 4.14. The van der Waals surface area contributed by atoms with Crippen molar-refractivity contribution in [2.45, 2.75) is 12.8 Å². The summed E-state index contributed by atoms with van der Waals surface area (Å²) in [4.78, 5) is 2.29. The van der Waals surface area contributed by atoms with Gasteiger partial charge in [-0.25, -0.2) is 0 Å². The summed E-state index contributed by atoms with van der Waals surface area (Å²) in [6.45, 7) is 3.71. The monoisotopic (exact) mass is 140 g/mol. The lowest BCUT2D eigenvalue weighted by Gasteiger charge is -2.25. The number of hydrogen-bond acceptors (Lipinski definition) is 2. The lowest BCUT2D eigenvalue weighted by atomic mass is 9.97. The highest BCUT2D eigenvalue weighted by Gasteiger charge is 2.12. The molecule has 0 aromatic rings. The molecular weight excluding hydrogens is 123 g/mol. The van der Waals surface area contributed by atoms with Crippen molar-refractivity contribution >= 4 is 7.98 Å². The van der Waals surface area contributed by atoms with Gasteiger partial charge in [0.15, 0.2) is 7.98 Å². The summed E-state index contributed by atoms with van der Waals surface area (Å²) >= 11 is 0. The molecule has 1 fully saturated rings. The Morgan fingerprint density at radius 2 is 2.10 bits per heavy atom. The number of nitrogens with zero attached hydrogens (tertiary/aromatic N) is 1. The smallest absolute Gasteiger partial charge is 0.185 e. The molecule has 1 saturated heterocycles. The topological polar surface area (TPSA) is 15.3 Å². The van der Waals surface area contributed by atoms with Gasteiger partial charge in [0.05, 0.1) is 0 Å². The second-order valence-electron chi connectivity index (χ2n) is 3.46. The normalized spacial score (nSPS) is 21.8. The molecule has 0 unspecified atom stereocenters. The molecule has 58 valence electrons. The zero-order valence-corrected chi connectivity index (χ0v) is 7.06. The molecule has 0 aromatic carbocycles. The Kier molecular flexibility index (Phi) is 3.22. The maximum atomic E-state index is 3.37. The van der Waals surface area contributed by atoms with Gasteiger partial charge >= 0.3 is 0 Å². The molecule has 0 saturated carbocycles. The molecule has 10 heavy (non-hydrogen) atoms. The molecule has 1 heterocycles. The number of rotatable bonds is 2. The van der Waals surface area contributed by atoms with Crippen LogP contribution in [0.15, 0.2) is 0 Å². The third-order valence-electron chi connectivity index (χ3n) is 2.08. The van der Waals surface area contributed by atoms with Gasteiger partial charge in [-0.05, 0) is 45.4 Å². The van der Waals surface area contributed by atoms with E-state index in [1.165, 1.54) is 32.5 Å². The molecule has 0 atom stereocenters. The van der Waals surface area contributed by atoms with E-state index in [-0.39, 0.29) is 0 Å². The van der Waals surface area contributed by atoms with Gasteiger partial charge < -0.3 is 10.1 Å². The van der Waals surface area contributed by atoms with E-state index in [0.717, 1.165) is 5.92 Å². The molecule has 0 aliphatic carbocycles. The summed E-state index contributed by atoms with van der Waals surface area (Å²) in [6, 6.07) is 0. The Balaban J connectivity index is 2.13. The van der Waals surface area contributed by atoms with Gasteiger partial charge in [-0.15, -0.1) is 0 Å². The van der Waals surface area contributed by atoms with E-state index in [1.54, 1.807) is 0 Å². The maximum absolute atomic E-state index is 3.37. The second-order valence-corrected chi connectivity index (χ2v) is 3.46. The minimum Gasteiger partial charge on any atom is -0.351 e. The molecule has 3 heteroatoms. The standard InChI is InChI=1S/C7H17BN2/c1-10(8)6-7-2-4-9-5-3-7/h7,9H,2-6,8H2,1H3. The third kappa shape index (κ3) is 2.71. The van der Waals surface area contributed by atoms with E-state index in [1.807, 2.05) is 0 Å². The lowest BCUT2D eigenvalue weighted by Crippen LogP contribution is -2.33. The van der Waals surface area contributed by atoms with Crippen molar-refractivity contribution in [3.8, 4) is 0 Å². The number of piperidine rings is 1. The SMILES string of the molecule is BN(C)CC1CCNCC1. The van der Waals surface area contributed by atoms with Crippen LogP contribution in [-0.2, 0) is 0 Å². The van der Waals surface area contributed by atoms with Crippen LogP contribution >= 0.6 is 0 Å². The minimum absolute atomic E-state index is 0.941. The van der Waals surface area contributed by atoms with Gasteiger partial charge in [0.25, 0.3) is 0 Å². The Morgan fingerprint density at radius 1 is 1.50 bits per heavy atom. The number of nitrogens with one attached hydrogen (secondary N) is 1. The largest absolute Gasteiger partial charge is 0.351 e. The van der Waals surface area contributed by atoms with Crippen molar-refractivity contribution in [3.63, 3.8) is 0 Å². The average Bonchev–Trinajstić information content (AvgIpc) is 1.88. The summed E-state index contributed by atoms with van der Waals surface area (Å²) in [5.41, 5.74) is 0. The molecule has 0 radical (unpaired) electrons. The van der Waals surface area contributed by atoms with Crippen LogP contribution in [0.4, 0.5) is 0 Å². The zero-order chi connectivity index (χ0) is 7.40. The first-order chi connectivity index (χ1) is 4.79. The Labute approximate surface area is 64.4 Å². The summed E-state index contributed by atoms with van der Waals surface area (Å²) in [5.74, 6) is 0.941. The van der Waals surface area contributed by atoms with Crippen molar-refractivity contribution in [2.24, 2.45) is 5.92 Å². The maximum Gasteiger partial charge on any atom is 0.185 e. The van der Waals surface area contributed by atoms with Crippen molar-refractivity contribution in [1.29, 1.82) is 0 Å². The highest BCUT2D eigenvalue weighted by molar-refractivity contribution is 6.04. The quantitative estimate of drug-likeness (QED) is 0.518. The molecule has 1 aliphatic rings. The molecule has 1 rings (SSSR count). The van der Waals surface area contributed by atoms with Gasteiger partial charge in [0.2, 0.25) is 0 Å². The first-order valence-electron chi connectivity index (χ1n) is 4.14. The second kappa shape index (κ2) is 3.99. The van der Waals surface area contributed by atoms with Crippen LogP contribution in [0, 0.1) is 5.92 Å². The first kappa shape index (κ1) is 8.09. The summed E-state index contributed by atoms with van der Waals surface area (Å²) in [6.07, 6.45) is 2.72. The van der Waals surface area contributed by atoms with Gasteiger partial charge in [-0.3, -0.25) is 0 Å². The Hall–Kier alpha value is -0.0151. The fourth-order valence-electron chi connectivity index (χ4n) is 1.58. The van der Waals surface area contributed by atoms with Crippen LogP contribution in [0.25, 0.3) is 0 Å². The van der Waals surface area contributed by atoms with E-state index in [9.17, 15) is 0 Å².